The van der Waals surface area contributed by atoms with Crippen LogP contribution in [-0.2, 0) is 6.42 Å². The molecule has 0 spiro atoms. The monoisotopic (exact) mass is 488 g/mol. The van der Waals surface area contributed by atoms with Crippen molar-refractivity contribution in [1.29, 1.82) is 0 Å². The lowest BCUT2D eigenvalue weighted by Gasteiger charge is -2.17. The van der Waals surface area contributed by atoms with Gasteiger partial charge >= 0.3 is 0 Å². The quantitative estimate of drug-likeness (QED) is 0.232. The third kappa shape index (κ3) is 4.50. The van der Waals surface area contributed by atoms with Gasteiger partial charge in [-0.1, -0.05) is 24.3 Å². The molecule has 0 amide bonds. The van der Waals surface area contributed by atoms with Gasteiger partial charge in [0.25, 0.3) is 0 Å². The van der Waals surface area contributed by atoms with E-state index in [1.54, 1.807) is 14.2 Å². The van der Waals surface area contributed by atoms with E-state index in [4.69, 9.17) is 9.47 Å². The van der Waals surface area contributed by atoms with Crippen molar-refractivity contribution < 1.29 is 9.47 Å². The molecule has 0 aliphatic rings. The van der Waals surface area contributed by atoms with Crippen LogP contribution < -0.4 is 14.2 Å². The zero-order chi connectivity index (χ0) is 24.2. The van der Waals surface area contributed by atoms with Crippen molar-refractivity contribution in [3.63, 3.8) is 0 Å². The maximum atomic E-state index is 5.68. The van der Waals surface area contributed by atoms with Crippen molar-refractivity contribution in [1.82, 2.24) is 34.9 Å². The van der Waals surface area contributed by atoms with Crippen LogP contribution in [0.25, 0.3) is 28.1 Å². The van der Waals surface area contributed by atoms with E-state index in [1.165, 1.54) is 11.9 Å². The molecule has 0 aliphatic heterocycles. The molecule has 35 heavy (non-hydrogen) atoms. The Balaban J connectivity index is 1.52. The molecule has 0 bridgehead atoms. The normalized spacial score (nSPS) is 11.1. The molecule has 0 saturated heterocycles. The van der Waals surface area contributed by atoms with E-state index in [0.29, 0.717) is 41.1 Å². The van der Waals surface area contributed by atoms with Crippen molar-refractivity contribution in [3.05, 3.63) is 66.2 Å². The number of anilines is 1. The van der Waals surface area contributed by atoms with Gasteiger partial charge in [-0.2, -0.15) is 5.10 Å². The summed E-state index contributed by atoms with van der Waals surface area (Å²) in [6, 6.07) is 13.5. The molecular weight excluding hydrogens is 464 g/mol. The summed E-state index contributed by atoms with van der Waals surface area (Å²) >= 11 is 1.49. The average Bonchev–Trinajstić information content (AvgIpc) is 3.51. The number of aryl methyl sites for hydroxylation is 2. The van der Waals surface area contributed by atoms with Crippen LogP contribution in [0.3, 0.4) is 0 Å². The molecule has 0 atom stereocenters. The second-order valence-corrected chi connectivity index (χ2v) is 8.59. The van der Waals surface area contributed by atoms with E-state index < -0.39 is 0 Å². The summed E-state index contributed by atoms with van der Waals surface area (Å²) in [5.41, 5.74) is 3.30. The van der Waals surface area contributed by atoms with Crippen LogP contribution in [0.4, 0.5) is 5.95 Å². The van der Waals surface area contributed by atoms with E-state index in [0.717, 1.165) is 28.0 Å². The number of methoxy groups -OCH3 is 2. The largest absolute Gasteiger partial charge is 0.494 e. The fourth-order valence-corrected chi connectivity index (χ4v) is 4.36. The highest BCUT2D eigenvalue weighted by atomic mass is 32.2. The van der Waals surface area contributed by atoms with E-state index in [2.05, 4.69) is 35.1 Å². The van der Waals surface area contributed by atoms with Crippen molar-refractivity contribution in [2.75, 3.05) is 24.7 Å². The number of H-pyrrole nitrogens is 1. The van der Waals surface area contributed by atoms with Crippen molar-refractivity contribution in [2.24, 2.45) is 0 Å². The molecule has 2 N–H and O–H groups in total. The Morgan fingerprint density at radius 3 is 2.46 bits per heavy atom. The number of hydrogen-bond donors (Lipinski definition) is 2. The third-order valence-electron chi connectivity index (χ3n) is 5.40. The Morgan fingerprint density at radius 2 is 1.71 bits per heavy atom. The van der Waals surface area contributed by atoms with Gasteiger partial charge in [-0.25, -0.2) is 9.97 Å². The lowest BCUT2D eigenvalue weighted by molar-refractivity contribution is 0.391. The zero-order valence-electron chi connectivity index (χ0n) is 19.5. The van der Waals surface area contributed by atoms with Crippen LogP contribution in [0.1, 0.15) is 11.4 Å². The smallest absolute Gasteiger partial charge is 0.239 e. The fourth-order valence-electron chi connectivity index (χ4n) is 3.71. The summed E-state index contributed by atoms with van der Waals surface area (Å²) in [5.74, 6) is 3.83. The van der Waals surface area contributed by atoms with E-state index in [-0.39, 0.29) is 0 Å². The van der Waals surface area contributed by atoms with Crippen molar-refractivity contribution in [3.8, 4) is 28.7 Å². The standard InChI is InChI=1S/C24H24N8O2S/c1-15-13-25-20(26-14-15)11-12-35-31-24-30-29-23(21-16-7-4-5-8-17(16)27-28-21)32(24)22-18(33-2)9-6-10-19(22)34-3/h4-10,13-14H,11-12H2,1-3H3,(H,27,28)(H,30,31). The molecule has 0 unspecified atom stereocenters. The van der Waals surface area contributed by atoms with Crippen LogP contribution in [0, 0.1) is 6.92 Å². The van der Waals surface area contributed by atoms with Crippen molar-refractivity contribution in [2.45, 2.75) is 13.3 Å². The first-order valence-corrected chi connectivity index (χ1v) is 11.9. The SMILES string of the molecule is COc1cccc(OC)c1-n1c(NSCCc2ncc(C)cn2)nnc1-c1n[nH]c2ccccc12. The van der Waals surface area contributed by atoms with Crippen LogP contribution in [0.5, 0.6) is 11.5 Å². The summed E-state index contributed by atoms with van der Waals surface area (Å²) in [4.78, 5) is 8.74. The molecule has 2 aromatic carbocycles. The number of benzene rings is 2. The Hall–Kier alpha value is -4.12. The Morgan fingerprint density at radius 1 is 0.971 bits per heavy atom. The molecule has 3 heterocycles. The van der Waals surface area contributed by atoms with E-state index in [9.17, 15) is 0 Å². The number of aromatic nitrogens is 7. The van der Waals surface area contributed by atoms with Gasteiger partial charge < -0.3 is 9.47 Å². The number of rotatable bonds is 9. The summed E-state index contributed by atoms with van der Waals surface area (Å²) < 4.78 is 16.6. The number of aromatic amines is 1. The van der Waals surface area contributed by atoms with Crippen LogP contribution >= 0.6 is 11.9 Å². The second-order valence-electron chi connectivity index (χ2n) is 7.69. The number of nitrogens with one attached hydrogen (secondary N) is 2. The predicted octanol–water partition coefficient (Wildman–Crippen LogP) is 4.23. The first-order chi connectivity index (χ1) is 17.2. The zero-order valence-corrected chi connectivity index (χ0v) is 20.3. The fraction of sp³-hybridized carbons (Fsp3) is 0.208. The summed E-state index contributed by atoms with van der Waals surface area (Å²) in [6.45, 7) is 1.97. The molecule has 0 fully saturated rings. The first kappa shape index (κ1) is 22.7. The highest BCUT2D eigenvalue weighted by Crippen LogP contribution is 2.38. The van der Waals surface area contributed by atoms with Gasteiger partial charge in [0.15, 0.2) is 5.82 Å². The lowest BCUT2D eigenvalue weighted by atomic mass is 10.2. The van der Waals surface area contributed by atoms with Crippen LogP contribution in [0.2, 0.25) is 0 Å². The Kier molecular flexibility index (Phi) is 6.49. The molecule has 5 rings (SSSR count). The lowest BCUT2D eigenvalue weighted by Crippen LogP contribution is -2.07. The molecule has 178 valence electrons. The van der Waals surface area contributed by atoms with Gasteiger partial charge in [-0.05, 0) is 42.6 Å². The Bertz CT molecular complexity index is 1430. The Labute approximate surface area is 206 Å². The minimum Gasteiger partial charge on any atom is -0.494 e. The number of nitrogens with zero attached hydrogens (tertiary/aromatic N) is 6. The number of fused-ring (bicyclic) bond motifs is 1. The molecular formula is C24H24N8O2S. The van der Waals surface area contributed by atoms with Crippen LogP contribution in [0.15, 0.2) is 54.9 Å². The first-order valence-electron chi connectivity index (χ1n) is 10.9. The number of ether oxygens (including phenoxy) is 2. The highest BCUT2D eigenvalue weighted by Gasteiger charge is 2.24. The topological polar surface area (TPSA) is 116 Å². The van der Waals surface area contributed by atoms with Gasteiger partial charge in [0.05, 0.1) is 19.7 Å². The van der Waals surface area contributed by atoms with Gasteiger partial charge in [0.2, 0.25) is 5.95 Å². The third-order valence-corrected chi connectivity index (χ3v) is 6.13. The summed E-state index contributed by atoms with van der Waals surface area (Å²) in [5, 5.41) is 17.5. The van der Waals surface area contributed by atoms with Crippen molar-refractivity contribution >= 4 is 28.8 Å². The number of para-hydroxylation sites is 2. The maximum absolute atomic E-state index is 5.68. The second kappa shape index (κ2) is 10.0. The molecule has 11 heteroatoms. The molecule has 0 aliphatic carbocycles. The molecule has 0 saturated carbocycles. The van der Waals surface area contributed by atoms with E-state index in [1.807, 2.05) is 66.3 Å². The van der Waals surface area contributed by atoms with Gasteiger partial charge in [0, 0.05) is 30.0 Å². The highest BCUT2D eigenvalue weighted by molar-refractivity contribution is 8.00. The molecule has 10 nitrogen and oxygen atoms in total. The average molecular weight is 489 g/mol. The minimum absolute atomic E-state index is 0.518. The summed E-state index contributed by atoms with van der Waals surface area (Å²) in [6.07, 6.45) is 4.36. The molecule has 5 aromatic rings. The minimum atomic E-state index is 0.518. The van der Waals surface area contributed by atoms with Gasteiger partial charge in [0.1, 0.15) is 28.7 Å². The number of hydrogen-bond acceptors (Lipinski definition) is 9. The van der Waals surface area contributed by atoms with Gasteiger partial charge in [-0.3, -0.25) is 14.4 Å². The van der Waals surface area contributed by atoms with Gasteiger partial charge in [-0.15, -0.1) is 10.2 Å². The predicted molar refractivity (Wildman–Crippen MR) is 136 cm³/mol. The molecule has 3 aromatic heterocycles. The van der Waals surface area contributed by atoms with E-state index >= 15 is 0 Å². The summed E-state index contributed by atoms with van der Waals surface area (Å²) in [7, 11) is 3.24. The van der Waals surface area contributed by atoms with Crippen LogP contribution in [-0.4, -0.2) is 54.9 Å². The maximum Gasteiger partial charge on any atom is 0.239 e. The molecule has 0 radical (unpaired) electrons.